The van der Waals surface area contributed by atoms with Gasteiger partial charge in [-0.25, -0.2) is 4.98 Å². The Hall–Kier alpha value is -4.05. The number of nitrogens with zero attached hydrogens (tertiary/aromatic N) is 2. The van der Waals surface area contributed by atoms with Gasteiger partial charge in [-0.05, 0) is 55.8 Å². The molecule has 186 valence electrons. The minimum Gasteiger partial charge on any atom is -0.366 e. The number of imidazole rings is 1. The molecule has 4 N–H and O–H groups in total. The summed E-state index contributed by atoms with van der Waals surface area (Å²) < 4.78 is 42.0. The molecule has 2 amide bonds. The summed E-state index contributed by atoms with van der Waals surface area (Å²) in [5, 5.41) is 6.10. The number of hydrogen-bond acceptors (Lipinski definition) is 4. The highest BCUT2D eigenvalue weighted by Gasteiger charge is 2.35. The van der Waals surface area contributed by atoms with Crippen LogP contribution in [0.25, 0.3) is 16.7 Å². The average molecular weight is 516 g/mol. The lowest BCUT2D eigenvalue weighted by Crippen LogP contribution is -2.19. The topological polar surface area (TPSA) is 102 Å². The molecule has 1 aromatic heterocycles. The molecule has 0 fully saturated rings. The maximum atomic E-state index is 13.4. The summed E-state index contributed by atoms with van der Waals surface area (Å²) in [6.07, 6.45) is -4.72. The van der Waals surface area contributed by atoms with Crippen LogP contribution in [0.4, 0.5) is 24.8 Å². The number of nitrogens with two attached hydrogens (primary N) is 1. The van der Waals surface area contributed by atoms with Crippen LogP contribution in [0.15, 0.2) is 54.6 Å². The molecule has 0 aliphatic heterocycles. The molecule has 4 aromatic rings. The van der Waals surface area contributed by atoms with Gasteiger partial charge in [-0.1, -0.05) is 29.8 Å². The highest BCUT2D eigenvalue weighted by Crippen LogP contribution is 2.34. The minimum absolute atomic E-state index is 0.00973. The van der Waals surface area contributed by atoms with Gasteiger partial charge in [0.25, 0.3) is 11.8 Å². The van der Waals surface area contributed by atoms with Crippen LogP contribution in [0, 0.1) is 6.92 Å². The van der Waals surface area contributed by atoms with Crippen LogP contribution >= 0.6 is 11.6 Å². The Morgan fingerprint density at radius 1 is 1.08 bits per heavy atom. The van der Waals surface area contributed by atoms with E-state index in [2.05, 4.69) is 15.6 Å². The van der Waals surface area contributed by atoms with Crippen LogP contribution in [0.1, 0.15) is 38.8 Å². The van der Waals surface area contributed by atoms with E-state index in [4.69, 9.17) is 17.3 Å². The second-order valence-electron chi connectivity index (χ2n) is 7.94. The number of alkyl halides is 3. The Labute approximate surface area is 209 Å². The fourth-order valence-electron chi connectivity index (χ4n) is 3.92. The molecule has 0 spiro atoms. The lowest BCUT2D eigenvalue weighted by molar-refractivity contribution is -0.137. The van der Waals surface area contributed by atoms with Crippen molar-refractivity contribution >= 4 is 46.1 Å². The molecule has 3 aromatic carbocycles. The lowest BCUT2D eigenvalue weighted by atomic mass is 10.1. The van der Waals surface area contributed by atoms with Crippen molar-refractivity contribution < 1.29 is 22.8 Å². The Bertz CT molecular complexity index is 1500. The van der Waals surface area contributed by atoms with Crippen molar-refractivity contribution in [1.29, 1.82) is 0 Å². The van der Waals surface area contributed by atoms with E-state index in [0.717, 1.165) is 17.7 Å². The van der Waals surface area contributed by atoms with Gasteiger partial charge in [0.15, 0.2) is 0 Å². The van der Waals surface area contributed by atoms with E-state index in [0.29, 0.717) is 28.7 Å². The summed E-state index contributed by atoms with van der Waals surface area (Å²) in [7, 11) is 0. The zero-order valence-electron chi connectivity index (χ0n) is 19.2. The standard InChI is InChI=1S/C25H21ClF3N5O2/c1-3-31-24-33-21-16(22(30)35)11-14(12-20(21)34(24)19-10-6-9-18(26)13(19)2)32-23(36)15-7-4-5-8-17(15)25(27,28)29/h4-12H,3H2,1-2H3,(H2,30,35)(H,31,33)(H,32,36). The van der Waals surface area contributed by atoms with Crippen molar-refractivity contribution in [2.45, 2.75) is 20.0 Å². The number of nitrogens with one attached hydrogen (secondary N) is 2. The molecular weight excluding hydrogens is 495 g/mol. The third kappa shape index (κ3) is 4.59. The summed E-state index contributed by atoms with van der Waals surface area (Å²) in [6.45, 7) is 4.19. The summed E-state index contributed by atoms with van der Waals surface area (Å²) in [5.41, 5.74) is 6.07. The first kappa shape index (κ1) is 25.1. The fourth-order valence-corrected chi connectivity index (χ4v) is 4.09. The molecule has 0 bridgehead atoms. The van der Waals surface area contributed by atoms with E-state index in [1.807, 2.05) is 13.8 Å². The molecule has 0 saturated heterocycles. The number of anilines is 2. The van der Waals surface area contributed by atoms with E-state index < -0.39 is 29.1 Å². The van der Waals surface area contributed by atoms with Gasteiger partial charge in [0, 0.05) is 17.3 Å². The maximum absolute atomic E-state index is 13.4. The molecule has 0 radical (unpaired) electrons. The number of hydrogen-bond donors (Lipinski definition) is 3. The molecule has 1 heterocycles. The third-order valence-electron chi connectivity index (χ3n) is 5.58. The monoisotopic (exact) mass is 515 g/mol. The zero-order valence-corrected chi connectivity index (χ0v) is 20.0. The van der Waals surface area contributed by atoms with Gasteiger partial charge in [-0.2, -0.15) is 13.2 Å². The predicted octanol–water partition coefficient (Wildman–Crippen LogP) is 5.79. The van der Waals surface area contributed by atoms with Gasteiger partial charge in [0.2, 0.25) is 5.95 Å². The molecule has 36 heavy (non-hydrogen) atoms. The van der Waals surface area contributed by atoms with E-state index in [-0.39, 0.29) is 16.8 Å². The van der Waals surface area contributed by atoms with Crippen LogP contribution in [-0.2, 0) is 6.18 Å². The second-order valence-corrected chi connectivity index (χ2v) is 8.35. The van der Waals surface area contributed by atoms with Crippen molar-refractivity contribution in [3.63, 3.8) is 0 Å². The van der Waals surface area contributed by atoms with Crippen LogP contribution in [0.5, 0.6) is 0 Å². The fraction of sp³-hybridized carbons (Fsp3) is 0.160. The molecule has 7 nitrogen and oxygen atoms in total. The van der Waals surface area contributed by atoms with E-state index >= 15 is 0 Å². The van der Waals surface area contributed by atoms with Crippen LogP contribution in [0.2, 0.25) is 5.02 Å². The maximum Gasteiger partial charge on any atom is 0.417 e. The van der Waals surface area contributed by atoms with Crippen molar-refractivity contribution in [1.82, 2.24) is 9.55 Å². The van der Waals surface area contributed by atoms with Crippen molar-refractivity contribution in [3.8, 4) is 5.69 Å². The number of primary amides is 1. The normalized spacial score (nSPS) is 11.5. The molecular formula is C25H21ClF3N5O2. The molecule has 4 rings (SSSR count). The van der Waals surface area contributed by atoms with Crippen LogP contribution in [0.3, 0.4) is 0 Å². The first-order valence-electron chi connectivity index (χ1n) is 10.9. The predicted molar refractivity (Wildman–Crippen MR) is 133 cm³/mol. The summed E-state index contributed by atoms with van der Waals surface area (Å²) in [5.74, 6) is -1.41. The van der Waals surface area contributed by atoms with Crippen molar-refractivity contribution in [3.05, 3.63) is 81.9 Å². The van der Waals surface area contributed by atoms with Gasteiger partial charge < -0.3 is 16.4 Å². The van der Waals surface area contributed by atoms with Crippen molar-refractivity contribution in [2.24, 2.45) is 5.73 Å². The van der Waals surface area contributed by atoms with Gasteiger partial charge >= 0.3 is 6.18 Å². The quantitative estimate of drug-likeness (QED) is 0.302. The molecule has 0 atom stereocenters. The van der Waals surface area contributed by atoms with E-state index in [1.54, 1.807) is 22.8 Å². The zero-order chi connectivity index (χ0) is 26.2. The lowest BCUT2D eigenvalue weighted by Gasteiger charge is -2.15. The number of rotatable bonds is 6. The number of carbonyl (C=O) groups excluding carboxylic acids is 2. The summed E-state index contributed by atoms with van der Waals surface area (Å²) in [6, 6.07) is 12.5. The molecule has 0 saturated carbocycles. The first-order valence-corrected chi connectivity index (χ1v) is 11.2. The van der Waals surface area contributed by atoms with Gasteiger partial charge in [0.05, 0.1) is 27.9 Å². The van der Waals surface area contributed by atoms with Gasteiger partial charge in [-0.3, -0.25) is 14.2 Å². The van der Waals surface area contributed by atoms with Crippen LogP contribution < -0.4 is 16.4 Å². The molecule has 11 heteroatoms. The van der Waals surface area contributed by atoms with Gasteiger partial charge in [0.1, 0.15) is 5.52 Å². The number of benzene rings is 3. The Morgan fingerprint density at radius 3 is 2.47 bits per heavy atom. The van der Waals surface area contributed by atoms with E-state index in [1.165, 1.54) is 24.3 Å². The Morgan fingerprint density at radius 2 is 1.81 bits per heavy atom. The number of amides is 2. The number of carbonyl (C=O) groups is 2. The largest absolute Gasteiger partial charge is 0.417 e. The minimum atomic E-state index is -4.72. The number of halogens is 4. The Kier molecular flexibility index (Phi) is 6.64. The SMILES string of the molecule is CCNc1nc2c(C(N)=O)cc(NC(=O)c3ccccc3C(F)(F)F)cc2n1-c1cccc(Cl)c1C. The number of aromatic nitrogens is 2. The average Bonchev–Trinajstić information content (AvgIpc) is 3.17. The molecule has 0 aliphatic rings. The third-order valence-corrected chi connectivity index (χ3v) is 5.98. The van der Waals surface area contributed by atoms with Crippen LogP contribution in [-0.4, -0.2) is 27.9 Å². The highest BCUT2D eigenvalue weighted by molar-refractivity contribution is 6.31. The highest BCUT2D eigenvalue weighted by atomic mass is 35.5. The summed E-state index contributed by atoms with van der Waals surface area (Å²) >= 11 is 6.34. The summed E-state index contributed by atoms with van der Waals surface area (Å²) in [4.78, 5) is 29.7. The first-order chi connectivity index (χ1) is 17.0. The second kappa shape index (κ2) is 9.54. The molecule has 0 aliphatic carbocycles. The molecule has 0 unspecified atom stereocenters. The number of fused-ring (bicyclic) bond motifs is 1. The Balaban J connectivity index is 1.92. The van der Waals surface area contributed by atoms with Crippen molar-refractivity contribution in [2.75, 3.05) is 17.2 Å². The van der Waals surface area contributed by atoms with E-state index in [9.17, 15) is 22.8 Å². The smallest absolute Gasteiger partial charge is 0.366 e. The van der Waals surface area contributed by atoms with Gasteiger partial charge in [-0.15, -0.1) is 0 Å².